The van der Waals surface area contributed by atoms with Gasteiger partial charge in [0, 0.05) is 48.2 Å². The molecule has 3 heterocycles. The second-order valence-corrected chi connectivity index (χ2v) is 12.4. The highest BCUT2D eigenvalue weighted by atomic mass is 16.2. The first-order valence-corrected chi connectivity index (χ1v) is 14.6. The van der Waals surface area contributed by atoms with E-state index in [-0.39, 0.29) is 17.7 Å². The van der Waals surface area contributed by atoms with E-state index in [0.717, 1.165) is 48.0 Å². The lowest BCUT2D eigenvalue weighted by Crippen LogP contribution is -2.49. The number of carbonyl (C=O) groups excluding carboxylic acids is 3. The molecule has 5 rings (SSSR count). The van der Waals surface area contributed by atoms with Gasteiger partial charge in [-0.25, -0.2) is 4.98 Å². The molecule has 3 amide bonds. The van der Waals surface area contributed by atoms with Crippen molar-refractivity contribution in [3.63, 3.8) is 0 Å². The Morgan fingerprint density at radius 3 is 2.43 bits per heavy atom. The maximum absolute atomic E-state index is 13.8. The van der Waals surface area contributed by atoms with Crippen molar-refractivity contribution in [3.05, 3.63) is 84.4 Å². The molecule has 9 heteroatoms. The number of nitrogens with zero attached hydrogens (tertiary/aromatic N) is 3. The average molecular weight is 569 g/mol. The molecular formula is C33H40N6O3. The van der Waals surface area contributed by atoms with Crippen LogP contribution < -0.4 is 10.6 Å². The normalized spacial score (nSPS) is 15.8. The fourth-order valence-corrected chi connectivity index (χ4v) is 5.34. The zero-order valence-corrected chi connectivity index (χ0v) is 24.8. The maximum Gasteiger partial charge on any atom is 0.250 e. The van der Waals surface area contributed by atoms with E-state index < -0.39 is 17.5 Å². The zero-order chi connectivity index (χ0) is 29.9. The van der Waals surface area contributed by atoms with Crippen LogP contribution in [0.15, 0.2) is 73.3 Å². The van der Waals surface area contributed by atoms with Gasteiger partial charge in [-0.05, 0) is 36.0 Å². The minimum atomic E-state index is -0.831. The molecule has 9 nitrogen and oxygen atoms in total. The SMILES string of the molecule is CC1CCN(C(=O)C(c2ccccc2)n2cnc(NC(=O)[C@@H](Cc3c[nH]c4ccccc34)NC(=O)C(C)(C)C)c2)CC1. The molecular weight excluding hydrogens is 528 g/mol. The molecule has 1 aliphatic heterocycles. The number of H-pyrrole nitrogens is 1. The Labute approximate surface area is 246 Å². The molecule has 0 aliphatic carbocycles. The van der Waals surface area contributed by atoms with E-state index >= 15 is 0 Å². The molecule has 0 saturated carbocycles. The van der Waals surface area contributed by atoms with Crippen LogP contribution in [0.2, 0.25) is 0 Å². The highest BCUT2D eigenvalue weighted by Crippen LogP contribution is 2.26. The lowest BCUT2D eigenvalue weighted by Gasteiger charge is -2.33. The first kappa shape index (κ1) is 29.1. The molecule has 0 spiro atoms. The predicted octanol–water partition coefficient (Wildman–Crippen LogP) is 4.92. The van der Waals surface area contributed by atoms with Crippen molar-refractivity contribution in [2.24, 2.45) is 11.3 Å². The number of carbonyl (C=O) groups is 3. The zero-order valence-electron chi connectivity index (χ0n) is 24.8. The molecule has 2 aromatic heterocycles. The summed E-state index contributed by atoms with van der Waals surface area (Å²) >= 11 is 0. The summed E-state index contributed by atoms with van der Waals surface area (Å²) < 4.78 is 1.76. The lowest BCUT2D eigenvalue weighted by molar-refractivity contribution is -0.135. The van der Waals surface area contributed by atoms with Crippen LogP contribution >= 0.6 is 0 Å². The van der Waals surface area contributed by atoms with Crippen LogP contribution in [-0.2, 0) is 20.8 Å². The summed E-state index contributed by atoms with van der Waals surface area (Å²) in [4.78, 5) is 50.0. The number of benzene rings is 2. The highest BCUT2D eigenvalue weighted by molar-refractivity contribution is 5.98. The van der Waals surface area contributed by atoms with Crippen LogP contribution in [0.1, 0.15) is 57.7 Å². The van der Waals surface area contributed by atoms with Gasteiger partial charge in [0.15, 0.2) is 5.82 Å². The number of aromatic nitrogens is 3. The molecule has 3 N–H and O–H groups in total. The monoisotopic (exact) mass is 568 g/mol. The Hall–Kier alpha value is -4.40. The summed E-state index contributed by atoms with van der Waals surface area (Å²) in [5, 5.41) is 6.83. The van der Waals surface area contributed by atoms with Crippen molar-refractivity contribution in [1.82, 2.24) is 24.8 Å². The van der Waals surface area contributed by atoms with Crippen molar-refractivity contribution < 1.29 is 14.4 Å². The fourth-order valence-electron chi connectivity index (χ4n) is 5.34. The predicted molar refractivity (Wildman–Crippen MR) is 164 cm³/mol. The fraction of sp³-hybridized carbons (Fsp3) is 0.394. The number of para-hydroxylation sites is 1. The Morgan fingerprint density at radius 1 is 1.02 bits per heavy atom. The Morgan fingerprint density at radius 2 is 1.71 bits per heavy atom. The van der Waals surface area contributed by atoms with Crippen molar-refractivity contribution >= 4 is 34.4 Å². The number of amides is 3. The third-order valence-corrected chi connectivity index (χ3v) is 8.00. The van der Waals surface area contributed by atoms with Gasteiger partial charge in [-0.2, -0.15) is 0 Å². The Balaban J connectivity index is 1.38. The molecule has 1 saturated heterocycles. The van der Waals surface area contributed by atoms with Crippen molar-refractivity contribution in [2.45, 2.75) is 59.0 Å². The minimum Gasteiger partial charge on any atom is -0.361 e. The number of hydrogen-bond acceptors (Lipinski definition) is 4. The summed E-state index contributed by atoms with van der Waals surface area (Å²) in [6.45, 7) is 9.11. The largest absolute Gasteiger partial charge is 0.361 e. The molecule has 220 valence electrons. The van der Waals surface area contributed by atoms with Crippen LogP contribution in [0, 0.1) is 11.3 Å². The number of imidazole rings is 1. The maximum atomic E-state index is 13.8. The van der Waals surface area contributed by atoms with E-state index in [4.69, 9.17) is 0 Å². The minimum absolute atomic E-state index is 0.0121. The number of fused-ring (bicyclic) bond motifs is 1. The molecule has 4 aromatic rings. The number of piperidine rings is 1. The highest BCUT2D eigenvalue weighted by Gasteiger charge is 2.31. The van der Waals surface area contributed by atoms with Gasteiger partial charge in [0.05, 0.1) is 6.33 Å². The number of hydrogen-bond donors (Lipinski definition) is 3. The lowest BCUT2D eigenvalue weighted by atomic mass is 9.94. The van der Waals surface area contributed by atoms with Crippen molar-refractivity contribution in [1.29, 1.82) is 0 Å². The molecule has 0 bridgehead atoms. The van der Waals surface area contributed by atoms with Gasteiger partial charge in [0.25, 0.3) is 0 Å². The smallest absolute Gasteiger partial charge is 0.250 e. The second-order valence-electron chi connectivity index (χ2n) is 12.4. The summed E-state index contributed by atoms with van der Waals surface area (Å²) in [7, 11) is 0. The summed E-state index contributed by atoms with van der Waals surface area (Å²) in [6.07, 6.45) is 7.42. The van der Waals surface area contributed by atoms with Crippen LogP contribution in [0.4, 0.5) is 5.82 Å². The quantitative estimate of drug-likeness (QED) is 0.280. The van der Waals surface area contributed by atoms with Crippen LogP contribution in [-0.4, -0.2) is 56.3 Å². The van der Waals surface area contributed by atoms with E-state index in [1.54, 1.807) is 17.1 Å². The summed E-state index contributed by atoms with van der Waals surface area (Å²) in [5.41, 5.74) is 2.07. The van der Waals surface area contributed by atoms with Crippen molar-refractivity contribution in [3.8, 4) is 0 Å². The molecule has 0 radical (unpaired) electrons. The van der Waals surface area contributed by atoms with Gasteiger partial charge in [-0.15, -0.1) is 0 Å². The van der Waals surface area contributed by atoms with Gasteiger partial charge in [0.2, 0.25) is 17.7 Å². The Kier molecular flexibility index (Phi) is 8.47. The summed E-state index contributed by atoms with van der Waals surface area (Å²) in [5.74, 6) is 0.331. The van der Waals surface area contributed by atoms with E-state index in [9.17, 15) is 14.4 Å². The second kappa shape index (κ2) is 12.2. The number of aromatic amines is 1. The molecule has 1 fully saturated rings. The van der Waals surface area contributed by atoms with E-state index in [2.05, 4.69) is 27.5 Å². The number of anilines is 1. The molecule has 2 aromatic carbocycles. The molecule has 1 unspecified atom stereocenters. The van der Waals surface area contributed by atoms with E-state index in [1.807, 2.05) is 86.5 Å². The standard InChI is InChI=1S/C33H40N6O3/c1-22-14-16-38(17-15-22)31(41)29(23-10-6-5-7-11-23)39-20-28(35-21-39)37-30(40)27(36-32(42)33(2,3)4)18-24-19-34-26-13-9-8-12-25(24)26/h5-13,19-22,27,29,34H,14-18H2,1-4H3,(H,36,42)(H,37,40)/t27-,29?/m1/s1. The Bertz CT molecular complexity index is 1540. The van der Waals surface area contributed by atoms with Gasteiger partial charge >= 0.3 is 0 Å². The molecule has 42 heavy (non-hydrogen) atoms. The van der Waals surface area contributed by atoms with Crippen LogP contribution in [0.3, 0.4) is 0 Å². The molecule has 2 atom stereocenters. The first-order chi connectivity index (χ1) is 20.1. The van der Waals surface area contributed by atoms with Gasteiger partial charge in [0.1, 0.15) is 12.1 Å². The van der Waals surface area contributed by atoms with E-state index in [0.29, 0.717) is 18.2 Å². The number of likely N-dealkylation sites (tertiary alicyclic amines) is 1. The summed E-state index contributed by atoms with van der Waals surface area (Å²) in [6, 6.07) is 16.1. The van der Waals surface area contributed by atoms with Crippen LogP contribution in [0.5, 0.6) is 0 Å². The van der Waals surface area contributed by atoms with Gasteiger partial charge in [-0.3, -0.25) is 14.4 Å². The molecule has 1 aliphatic rings. The van der Waals surface area contributed by atoms with Gasteiger partial charge < -0.3 is 25.1 Å². The topological polar surface area (TPSA) is 112 Å². The van der Waals surface area contributed by atoms with Gasteiger partial charge in [-0.1, -0.05) is 76.2 Å². The van der Waals surface area contributed by atoms with E-state index in [1.165, 1.54) is 0 Å². The number of rotatable bonds is 8. The third-order valence-electron chi connectivity index (χ3n) is 8.00. The third kappa shape index (κ3) is 6.56. The first-order valence-electron chi connectivity index (χ1n) is 14.6. The van der Waals surface area contributed by atoms with Crippen molar-refractivity contribution in [2.75, 3.05) is 18.4 Å². The average Bonchev–Trinajstić information content (AvgIpc) is 3.60. The number of nitrogens with one attached hydrogen (secondary N) is 3. The van der Waals surface area contributed by atoms with Crippen LogP contribution in [0.25, 0.3) is 10.9 Å².